The molecule has 9 heteroatoms. The fourth-order valence-electron chi connectivity index (χ4n) is 2.53. The summed E-state index contributed by atoms with van der Waals surface area (Å²) in [6.45, 7) is -0.0550. The summed E-state index contributed by atoms with van der Waals surface area (Å²) in [4.78, 5) is 33.9. The number of benzene rings is 2. The van der Waals surface area contributed by atoms with Crippen LogP contribution in [0.3, 0.4) is 0 Å². The Morgan fingerprint density at radius 2 is 1.79 bits per heavy atom. The van der Waals surface area contributed by atoms with Gasteiger partial charge in [-0.1, -0.05) is 12.1 Å². The first-order chi connectivity index (χ1) is 13.5. The van der Waals surface area contributed by atoms with Gasteiger partial charge in [-0.15, -0.1) is 0 Å². The highest BCUT2D eigenvalue weighted by molar-refractivity contribution is 6.18. The number of anilines is 1. The van der Waals surface area contributed by atoms with Crippen LogP contribution in [0, 0.1) is 10.1 Å². The Balaban J connectivity index is 1.56. The number of hydrogen-bond acceptors (Lipinski definition) is 8. The standard InChI is InChI=1S/C19H16N2O7/c20-14-5-1-12(2-6-14)17-16(11-28-19(17)23)26-9-10-27-18(22)13-3-7-15(8-4-13)21(24)25/h1-8H,9-11,20H2. The lowest BCUT2D eigenvalue weighted by Gasteiger charge is -2.09. The van der Waals surface area contributed by atoms with Crippen molar-refractivity contribution in [1.29, 1.82) is 0 Å². The Labute approximate surface area is 159 Å². The Bertz CT molecular complexity index is 934. The molecular formula is C19H16N2O7. The summed E-state index contributed by atoms with van der Waals surface area (Å²) in [5, 5.41) is 10.6. The molecule has 3 rings (SSSR count). The van der Waals surface area contributed by atoms with Crippen molar-refractivity contribution in [3.8, 4) is 0 Å². The summed E-state index contributed by atoms with van der Waals surface area (Å²) in [5.74, 6) is -0.784. The third-order valence-electron chi connectivity index (χ3n) is 3.92. The minimum absolute atomic E-state index is 0.00512. The molecule has 0 atom stereocenters. The van der Waals surface area contributed by atoms with E-state index in [4.69, 9.17) is 19.9 Å². The van der Waals surface area contributed by atoms with Gasteiger partial charge in [-0.05, 0) is 29.8 Å². The van der Waals surface area contributed by atoms with Gasteiger partial charge >= 0.3 is 11.9 Å². The molecule has 2 aromatic carbocycles. The number of esters is 2. The van der Waals surface area contributed by atoms with E-state index in [9.17, 15) is 19.7 Å². The minimum Gasteiger partial charge on any atom is -0.490 e. The molecule has 0 radical (unpaired) electrons. The maximum Gasteiger partial charge on any atom is 0.342 e. The van der Waals surface area contributed by atoms with Crippen molar-refractivity contribution in [1.82, 2.24) is 0 Å². The van der Waals surface area contributed by atoms with Crippen molar-refractivity contribution >= 4 is 28.9 Å². The Kier molecular flexibility index (Phi) is 5.54. The molecule has 0 aliphatic carbocycles. The van der Waals surface area contributed by atoms with E-state index in [1.807, 2.05) is 0 Å². The second-order valence-electron chi connectivity index (χ2n) is 5.78. The lowest BCUT2D eigenvalue weighted by atomic mass is 10.1. The van der Waals surface area contributed by atoms with Crippen LogP contribution in [0.5, 0.6) is 0 Å². The molecule has 0 saturated heterocycles. The molecule has 1 heterocycles. The lowest BCUT2D eigenvalue weighted by molar-refractivity contribution is -0.384. The van der Waals surface area contributed by atoms with E-state index in [1.165, 1.54) is 24.3 Å². The zero-order chi connectivity index (χ0) is 20.1. The Morgan fingerprint density at radius 3 is 2.43 bits per heavy atom. The van der Waals surface area contributed by atoms with Crippen molar-refractivity contribution in [2.75, 3.05) is 25.6 Å². The summed E-state index contributed by atoms with van der Waals surface area (Å²) in [7, 11) is 0. The molecule has 0 spiro atoms. The van der Waals surface area contributed by atoms with Gasteiger partial charge in [-0.25, -0.2) is 9.59 Å². The van der Waals surface area contributed by atoms with Crippen LogP contribution in [-0.2, 0) is 19.0 Å². The summed E-state index contributed by atoms with van der Waals surface area (Å²) in [5.41, 5.74) is 7.21. The predicted molar refractivity (Wildman–Crippen MR) is 98.1 cm³/mol. The van der Waals surface area contributed by atoms with Gasteiger partial charge in [-0.2, -0.15) is 0 Å². The van der Waals surface area contributed by atoms with Crippen molar-refractivity contribution in [3.63, 3.8) is 0 Å². The van der Waals surface area contributed by atoms with E-state index < -0.39 is 16.9 Å². The topological polar surface area (TPSA) is 131 Å². The average molecular weight is 384 g/mol. The second-order valence-corrected chi connectivity index (χ2v) is 5.78. The predicted octanol–water partition coefficient (Wildman–Crippen LogP) is 2.32. The van der Waals surface area contributed by atoms with Gasteiger partial charge in [0.15, 0.2) is 0 Å². The maximum absolute atomic E-state index is 11.9. The normalized spacial score (nSPS) is 13.2. The van der Waals surface area contributed by atoms with Gasteiger partial charge in [0, 0.05) is 17.8 Å². The molecule has 0 bridgehead atoms. The number of cyclic esters (lactones) is 1. The number of ether oxygens (including phenoxy) is 3. The molecule has 144 valence electrons. The van der Waals surface area contributed by atoms with Crippen molar-refractivity contribution in [2.24, 2.45) is 0 Å². The van der Waals surface area contributed by atoms with Crippen LogP contribution in [0.4, 0.5) is 11.4 Å². The van der Waals surface area contributed by atoms with E-state index >= 15 is 0 Å². The second kappa shape index (κ2) is 8.21. The summed E-state index contributed by atoms with van der Waals surface area (Å²) in [6.07, 6.45) is 0. The van der Waals surface area contributed by atoms with E-state index in [-0.39, 0.29) is 31.1 Å². The van der Waals surface area contributed by atoms with Gasteiger partial charge in [0.1, 0.15) is 31.2 Å². The third-order valence-corrected chi connectivity index (χ3v) is 3.92. The van der Waals surface area contributed by atoms with Crippen LogP contribution >= 0.6 is 0 Å². The Morgan fingerprint density at radius 1 is 1.11 bits per heavy atom. The largest absolute Gasteiger partial charge is 0.490 e. The van der Waals surface area contributed by atoms with Crippen LogP contribution in [0.25, 0.3) is 5.57 Å². The van der Waals surface area contributed by atoms with E-state index in [1.54, 1.807) is 24.3 Å². The van der Waals surface area contributed by atoms with Crippen molar-refractivity contribution in [3.05, 3.63) is 75.5 Å². The number of nitro benzene ring substituents is 1. The molecule has 0 aromatic heterocycles. The number of nitrogens with two attached hydrogens (primary N) is 1. The SMILES string of the molecule is Nc1ccc(C2=C(OCCOC(=O)c3ccc([N+](=O)[O-])cc3)COC2=O)cc1. The number of rotatable bonds is 7. The number of nitrogen functional groups attached to an aromatic ring is 1. The minimum atomic E-state index is -0.634. The van der Waals surface area contributed by atoms with Crippen LogP contribution in [0.15, 0.2) is 54.3 Å². The molecule has 9 nitrogen and oxygen atoms in total. The monoisotopic (exact) mass is 384 g/mol. The van der Waals surface area contributed by atoms with E-state index in [0.717, 1.165) is 0 Å². The molecule has 2 aromatic rings. The highest BCUT2D eigenvalue weighted by Gasteiger charge is 2.27. The highest BCUT2D eigenvalue weighted by Crippen LogP contribution is 2.27. The number of nitrogens with zero attached hydrogens (tertiary/aromatic N) is 1. The lowest BCUT2D eigenvalue weighted by Crippen LogP contribution is -2.11. The number of hydrogen-bond donors (Lipinski definition) is 1. The number of nitro groups is 1. The fraction of sp³-hybridized carbons (Fsp3) is 0.158. The van der Waals surface area contributed by atoms with Crippen molar-refractivity contribution in [2.45, 2.75) is 0 Å². The van der Waals surface area contributed by atoms with Crippen LogP contribution in [0.2, 0.25) is 0 Å². The molecular weight excluding hydrogens is 368 g/mol. The van der Waals surface area contributed by atoms with Crippen molar-refractivity contribution < 1.29 is 28.7 Å². The molecule has 2 N–H and O–H groups in total. The molecule has 1 aliphatic heterocycles. The smallest absolute Gasteiger partial charge is 0.342 e. The van der Waals surface area contributed by atoms with Gasteiger partial charge in [0.05, 0.1) is 10.5 Å². The quantitative estimate of drug-likeness (QED) is 0.253. The third kappa shape index (κ3) is 4.26. The van der Waals surface area contributed by atoms with Gasteiger partial charge in [0.25, 0.3) is 5.69 Å². The fourth-order valence-corrected chi connectivity index (χ4v) is 2.53. The number of carbonyl (C=O) groups excluding carboxylic acids is 2. The first kappa shape index (κ1) is 18.9. The van der Waals surface area contributed by atoms with Gasteiger partial charge < -0.3 is 19.9 Å². The average Bonchev–Trinajstić information content (AvgIpc) is 3.06. The number of non-ortho nitro benzene ring substituents is 1. The summed E-state index contributed by atoms with van der Waals surface area (Å²) >= 11 is 0. The Hall–Kier alpha value is -3.88. The summed E-state index contributed by atoms with van der Waals surface area (Å²) in [6, 6.07) is 11.8. The first-order valence-electron chi connectivity index (χ1n) is 8.26. The zero-order valence-corrected chi connectivity index (χ0v) is 14.6. The zero-order valence-electron chi connectivity index (χ0n) is 14.6. The molecule has 1 aliphatic rings. The molecule has 0 amide bonds. The van der Waals surface area contributed by atoms with E-state index in [0.29, 0.717) is 22.6 Å². The van der Waals surface area contributed by atoms with Crippen LogP contribution < -0.4 is 5.73 Å². The number of carbonyl (C=O) groups is 2. The van der Waals surface area contributed by atoms with Gasteiger partial charge in [0.2, 0.25) is 0 Å². The molecule has 0 fully saturated rings. The summed E-state index contributed by atoms with van der Waals surface area (Å²) < 4.78 is 15.6. The van der Waals surface area contributed by atoms with Gasteiger partial charge in [-0.3, -0.25) is 10.1 Å². The maximum atomic E-state index is 11.9. The highest BCUT2D eigenvalue weighted by atomic mass is 16.6. The van der Waals surface area contributed by atoms with E-state index in [2.05, 4.69) is 0 Å². The molecule has 0 saturated carbocycles. The van der Waals surface area contributed by atoms with Crippen LogP contribution in [0.1, 0.15) is 15.9 Å². The molecule has 0 unspecified atom stereocenters. The first-order valence-corrected chi connectivity index (χ1v) is 8.26. The van der Waals surface area contributed by atoms with Crippen LogP contribution in [-0.4, -0.2) is 36.7 Å². The molecule has 28 heavy (non-hydrogen) atoms.